The first kappa shape index (κ1) is 14.0. The Morgan fingerprint density at radius 1 is 1.32 bits per heavy atom. The molecule has 0 aromatic rings. The third-order valence-corrected chi connectivity index (χ3v) is 3.33. The van der Waals surface area contributed by atoms with E-state index in [4.69, 9.17) is 14.6 Å². The average molecular weight is 271 g/mol. The average Bonchev–Trinajstić information content (AvgIpc) is 2.56. The molecule has 4 atom stereocenters. The molecule has 1 aliphatic carbocycles. The van der Waals surface area contributed by atoms with Gasteiger partial charge in [-0.25, -0.2) is 0 Å². The molecule has 1 saturated heterocycles. The second-order valence-electron chi connectivity index (χ2n) is 5.36. The number of ether oxygens (including phenoxy) is 2. The monoisotopic (exact) mass is 271 g/mol. The molecule has 2 aliphatic rings. The largest absolute Gasteiger partial charge is 0.481 e. The van der Waals surface area contributed by atoms with Gasteiger partial charge in [-0.15, -0.1) is 0 Å². The van der Waals surface area contributed by atoms with Gasteiger partial charge >= 0.3 is 5.97 Å². The van der Waals surface area contributed by atoms with E-state index in [-0.39, 0.29) is 18.1 Å². The Hall–Kier alpha value is -1.47. The van der Waals surface area contributed by atoms with Crippen LogP contribution >= 0.6 is 0 Å². The summed E-state index contributed by atoms with van der Waals surface area (Å²) in [7, 11) is 0. The zero-order valence-electron chi connectivity index (χ0n) is 11.0. The van der Waals surface area contributed by atoms with Crippen LogP contribution in [-0.2, 0) is 23.9 Å². The van der Waals surface area contributed by atoms with Crippen LogP contribution in [0.2, 0.25) is 0 Å². The van der Waals surface area contributed by atoms with Crippen LogP contribution in [0.5, 0.6) is 0 Å². The maximum Gasteiger partial charge on any atom is 0.309 e. The zero-order chi connectivity index (χ0) is 14.4. The number of aliphatic carboxylic acids is 1. The lowest BCUT2D eigenvalue weighted by Crippen LogP contribution is -2.58. The normalized spacial score (nSPS) is 36.7. The van der Waals surface area contributed by atoms with Crippen molar-refractivity contribution in [1.82, 2.24) is 5.32 Å². The summed E-state index contributed by atoms with van der Waals surface area (Å²) in [5.74, 6) is -3.70. The predicted octanol–water partition coefficient (Wildman–Crippen LogP) is -0.315. The summed E-state index contributed by atoms with van der Waals surface area (Å²) in [5, 5.41) is 11.7. The molecule has 2 fully saturated rings. The van der Waals surface area contributed by atoms with Crippen LogP contribution in [0.3, 0.4) is 0 Å². The van der Waals surface area contributed by atoms with Crippen molar-refractivity contribution in [1.29, 1.82) is 0 Å². The molecule has 0 radical (unpaired) electrons. The number of carboxylic acid groups (broad SMARTS) is 1. The van der Waals surface area contributed by atoms with Crippen LogP contribution in [0, 0.1) is 5.92 Å². The molecule has 106 valence electrons. The standard InChI is InChI=1S/C12H17NO6/c1-5(14)13-8-7(15)4-6(11(16)17)9-10(8)19-12(2,3)18-9/h6,8-10H,4H2,1-3H3,(H,13,14)(H,16,17). The summed E-state index contributed by atoms with van der Waals surface area (Å²) in [6, 6.07) is -0.847. The van der Waals surface area contributed by atoms with Crippen LogP contribution < -0.4 is 5.32 Å². The highest BCUT2D eigenvalue weighted by Crippen LogP contribution is 2.38. The number of Topliss-reactive ketones (excluding diaryl/α,β-unsaturated/α-hetero) is 1. The topological polar surface area (TPSA) is 102 Å². The molecule has 19 heavy (non-hydrogen) atoms. The van der Waals surface area contributed by atoms with Crippen molar-refractivity contribution >= 4 is 17.7 Å². The minimum absolute atomic E-state index is 0.166. The van der Waals surface area contributed by atoms with Crippen molar-refractivity contribution in [3.05, 3.63) is 0 Å². The van der Waals surface area contributed by atoms with E-state index >= 15 is 0 Å². The predicted molar refractivity (Wildman–Crippen MR) is 62.2 cm³/mol. The maximum absolute atomic E-state index is 12.0. The summed E-state index contributed by atoms with van der Waals surface area (Å²) in [5.41, 5.74) is 0. The Balaban J connectivity index is 2.29. The SMILES string of the molecule is CC(=O)NC1C(=O)CC(C(=O)O)C2OC(C)(C)OC12. The minimum Gasteiger partial charge on any atom is -0.481 e. The summed E-state index contributed by atoms with van der Waals surface area (Å²) in [4.78, 5) is 34.3. The quantitative estimate of drug-likeness (QED) is 0.714. The van der Waals surface area contributed by atoms with Crippen LogP contribution in [0.4, 0.5) is 0 Å². The van der Waals surface area contributed by atoms with E-state index in [0.717, 1.165) is 0 Å². The maximum atomic E-state index is 12.0. The molecular formula is C12H17NO6. The van der Waals surface area contributed by atoms with Crippen molar-refractivity contribution in [3.63, 3.8) is 0 Å². The van der Waals surface area contributed by atoms with Crippen LogP contribution in [0.25, 0.3) is 0 Å². The minimum atomic E-state index is -1.09. The number of nitrogens with one attached hydrogen (secondary N) is 1. The molecule has 2 N–H and O–H groups in total. The van der Waals surface area contributed by atoms with Gasteiger partial charge in [0.1, 0.15) is 18.2 Å². The van der Waals surface area contributed by atoms with Crippen molar-refractivity contribution in [2.45, 2.75) is 51.2 Å². The summed E-state index contributed by atoms with van der Waals surface area (Å²) >= 11 is 0. The van der Waals surface area contributed by atoms with Crippen molar-refractivity contribution in [2.75, 3.05) is 0 Å². The van der Waals surface area contributed by atoms with Gasteiger partial charge < -0.3 is 19.9 Å². The third-order valence-electron chi connectivity index (χ3n) is 3.33. The molecule has 0 aromatic carbocycles. The first-order valence-electron chi connectivity index (χ1n) is 6.09. The Labute approximate surface area is 110 Å². The molecular weight excluding hydrogens is 254 g/mol. The van der Waals surface area contributed by atoms with E-state index < -0.39 is 35.9 Å². The molecule has 1 amide bonds. The highest BCUT2D eigenvalue weighted by atomic mass is 16.8. The van der Waals surface area contributed by atoms with Gasteiger partial charge in [-0.2, -0.15) is 0 Å². The van der Waals surface area contributed by atoms with E-state index in [9.17, 15) is 14.4 Å². The number of carbonyl (C=O) groups is 3. The van der Waals surface area contributed by atoms with Gasteiger partial charge in [0.2, 0.25) is 5.91 Å². The molecule has 0 aromatic heterocycles. The fourth-order valence-corrected chi connectivity index (χ4v) is 2.64. The lowest BCUT2D eigenvalue weighted by Gasteiger charge is -2.33. The summed E-state index contributed by atoms with van der Waals surface area (Å²) in [6.07, 6.45) is -1.66. The molecule has 1 saturated carbocycles. The van der Waals surface area contributed by atoms with E-state index in [1.165, 1.54) is 6.92 Å². The highest BCUT2D eigenvalue weighted by Gasteiger charge is 2.56. The van der Waals surface area contributed by atoms with E-state index in [1.807, 2.05) is 0 Å². The summed E-state index contributed by atoms with van der Waals surface area (Å²) < 4.78 is 11.2. The number of hydrogen-bond donors (Lipinski definition) is 2. The molecule has 4 unspecified atom stereocenters. The molecule has 2 rings (SSSR count). The number of carbonyl (C=O) groups excluding carboxylic acids is 2. The Bertz CT molecular complexity index is 432. The number of fused-ring (bicyclic) bond motifs is 1. The number of rotatable bonds is 2. The van der Waals surface area contributed by atoms with Gasteiger partial charge in [0.05, 0.1) is 5.92 Å². The van der Waals surface area contributed by atoms with Crippen molar-refractivity contribution in [3.8, 4) is 0 Å². The lowest BCUT2D eigenvalue weighted by atomic mass is 9.80. The Morgan fingerprint density at radius 3 is 2.42 bits per heavy atom. The third kappa shape index (κ3) is 2.62. The number of hydrogen-bond acceptors (Lipinski definition) is 5. The molecule has 7 nitrogen and oxygen atoms in total. The van der Waals surface area contributed by atoms with Gasteiger partial charge in [-0.05, 0) is 13.8 Å². The number of ketones is 1. The molecule has 7 heteroatoms. The molecule has 1 aliphatic heterocycles. The van der Waals surface area contributed by atoms with E-state index in [1.54, 1.807) is 13.8 Å². The van der Waals surface area contributed by atoms with Gasteiger partial charge in [0, 0.05) is 13.3 Å². The van der Waals surface area contributed by atoms with E-state index in [2.05, 4.69) is 5.32 Å². The van der Waals surface area contributed by atoms with E-state index in [0.29, 0.717) is 0 Å². The van der Waals surface area contributed by atoms with Crippen LogP contribution in [-0.4, -0.2) is 46.8 Å². The second kappa shape index (κ2) is 4.57. The zero-order valence-corrected chi connectivity index (χ0v) is 11.0. The van der Waals surface area contributed by atoms with Crippen molar-refractivity contribution < 1.29 is 29.0 Å². The lowest BCUT2D eigenvalue weighted by molar-refractivity contribution is -0.160. The van der Waals surface area contributed by atoms with Crippen LogP contribution in [0.15, 0.2) is 0 Å². The smallest absolute Gasteiger partial charge is 0.309 e. The fourth-order valence-electron chi connectivity index (χ4n) is 2.64. The van der Waals surface area contributed by atoms with Gasteiger partial charge in [-0.3, -0.25) is 14.4 Å². The van der Waals surface area contributed by atoms with Gasteiger partial charge in [-0.1, -0.05) is 0 Å². The number of carboxylic acids is 1. The fraction of sp³-hybridized carbons (Fsp3) is 0.750. The first-order chi connectivity index (χ1) is 8.71. The molecule has 1 heterocycles. The highest BCUT2D eigenvalue weighted by molar-refractivity contribution is 5.93. The molecule has 0 bridgehead atoms. The summed E-state index contributed by atoms with van der Waals surface area (Å²) in [6.45, 7) is 4.60. The Kier molecular flexibility index (Phi) is 3.36. The second-order valence-corrected chi connectivity index (χ2v) is 5.36. The van der Waals surface area contributed by atoms with Gasteiger partial charge in [0.15, 0.2) is 11.6 Å². The first-order valence-corrected chi connectivity index (χ1v) is 6.09. The number of amides is 1. The van der Waals surface area contributed by atoms with Gasteiger partial charge in [0.25, 0.3) is 0 Å². The molecule has 0 spiro atoms. The van der Waals surface area contributed by atoms with Crippen LogP contribution in [0.1, 0.15) is 27.2 Å². The Morgan fingerprint density at radius 2 is 1.89 bits per heavy atom. The van der Waals surface area contributed by atoms with Crippen molar-refractivity contribution in [2.24, 2.45) is 5.92 Å².